The Balaban J connectivity index is 1.77. The maximum absolute atomic E-state index is 2.83. The van der Waals surface area contributed by atoms with Crippen molar-refractivity contribution >= 4 is 0 Å². The molecule has 3 rings (SSSR count). The van der Waals surface area contributed by atoms with Crippen LogP contribution >= 0.6 is 0 Å². The Morgan fingerprint density at radius 3 is 2.15 bits per heavy atom. The summed E-state index contributed by atoms with van der Waals surface area (Å²) in [6.07, 6.45) is 14.9. The van der Waals surface area contributed by atoms with Crippen molar-refractivity contribution in [2.45, 2.75) is 63.1 Å². The first-order valence-electron chi connectivity index (χ1n) is 5.89. The van der Waals surface area contributed by atoms with Crippen molar-refractivity contribution in [1.82, 2.24) is 4.90 Å². The summed E-state index contributed by atoms with van der Waals surface area (Å²) in [6, 6.07) is 2.73. The van der Waals surface area contributed by atoms with Crippen LogP contribution in [0.4, 0.5) is 0 Å². The van der Waals surface area contributed by atoms with Gasteiger partial charge in [-0.15, -0.1) is 0 Å². The van der Waals surface area contributed by atoms with Gasteiger partial charge in [0.15, 0.2) is 0 Å². The predicted octanol–water partition coefficient (Wildman–Crippen LogP) is 2.72. The molecule has 2 aliphatic heterocycles. The smallest absolute Gasteiger partial charge is 0.0284 e. The van der Waals surface area contributed by atoms with E-state index in [2.05, 4.69) is 17.1 Å². The minimum absolute atomic E-state index is 0.814. The number of nitrogens with zero attached hydrogens (tertiary/aromatic N) is 1. The molecule has 2 saturated heterocycles. The van der Waals surface area contributed by atoms with Gasteiger partial charge in [-0.25, -0.2) is 0 Å². The molecular weight excluding hydrogens is 158 g/mol. The normalized spacial score (nSPS) is 44.5. The lowest BCUT2D eigenvalue weighted by atomic mass is 10.0. The molecule has 1 aliphatic carbocycles. The summed E-state index contributed by atoms with van der Waals surface area (Å²) in [6.45, 7) is 0. The van der Waals surface area contributed by atoms with Crippen LogP contribution in [0, 0.1) is 0 Å². The summed E-state index contributed by atoms with van der Waals surface area (Å²) in [5, 5.41) is 0. The van der Waals surface area contributed by atoms with E-state index in [9.17, 15) is 0 Å². The Hall–Kier alpha value is -0.300. The molecular formula is C12H19N. The van der Waals surface area contributed by atoms with Gasteiger partial charge in [0.1, 0.15) is 0 Å². The van der Waals surface area contributed by atoms with Crippen LogP contribution in [0.25, 0.3) is 0 Å². The van der Waals surface area contributed by atoms with Gasteiger partial charge in [-0.3, -0.25) is 4.90 Å². The number of rotatable bonds is 1. The zero-order valence-electron chi connectivity index (χ0n) is 8.28. The SMILES string of the molecule is C1=CC(N2C3CCC2CC3)CCC1. The van der Waals surface area contributed by atoms with Gasteiger partial charge in [-0.05, 0) is 44.9 Å². The third-order valence-electron chi connectivity index (χ3n) is 4.12. The highest BCUT2D eigenvalue weighted by Crippen LogP contribution is 2.40. The standard InChI is InChI=1S/C12H19N/c1-2-4-10(5-3-1)13-11-6-7-12(13)9-8-11/h2,4,10-12H,1,3,5-9H2. The van der Waals surface area contributed by atoms with Gasteiger partial charge in [0.05, 0.1) is 0 Å². The summed E-state index contributed by atoms with van der Waals surface area (Å²) in [5.74, 6) is 0. The molecule has 0 aromatic carbocycles. The van der Waals surface area contributed by atoms with E-state index >= 15 is 0 Å². The molecule has 1 heteroatoms. The summed E-state index contributed by atoms with van der Waals surface area (Å²) in [7, 11) is 0. The second kappa shape index (κ2) is 3.13. The van der Waals surface area contributed by atoms with E-state index < -0.39 is 0 Å². The van der Waals surface area contributed by atoms with Crippen molar-refractivity contribution in [3.63, 3.8) is 0 Å². The summed E-state index contributed by atoms with van der Waals surface area (Å²) in [4.78, 5) is 2.83. The van der Waals surface area contributed by atoms with Crippen molar-refractivity contribution in [2.24, 2.45) is 0 Å². The van der Waals surface area contributed by atoms with E-state index in [1.165, 1.54) is 44.9 Å². The molecule has 0 amide bonds. The van der Waals surface area contributed by atoms with Gasteiger partial charge < -0.3 is 0 Å². The molecule has 0 N–H and O–H groups in total. The van der Waals surface area contributed by atoms with Gasteiger partial charge in [-0.1, -0.05) is 12.2 Å². The summed E-state index contributed by atoms with van der Waals surface area (Å²) >= 11 is 0. The summed E-state index contributed by atoms with van der Waals surface area (Å²) in [5.41, 5.74) is 0. The van der Waals surface area contributed by atoms with E-state index in [4.69, 9.17) is 0 Å². The second-order valence-corrected chi connectivity index (χ2v) is 4.84. The van der Waals surface area contributed by atoms with Crippen LogP contribution in [0.2, 0.25) is 0 Å². The topological polar surface area (TPSA) is 3.24 Å². The number of allylic oxidation sites excluding steroid dienone is 1. The van der Waals surface area contributed by atoms with Crippen LogP contribution in [0.3, 0.4) is 0 Å². The minimum Gasteiger partial charge on any atom is -0.291 e. The third kappa shape index (κ3) is 1.25. The van der Waals surface area contributed by atoms with Gasteiger partial charge in [-0.2, -0.15) is 0 Å². The molecule has 72 valence electrons. The van der Waals surface area contributed by atoms with Crippen LogP contribution in [0.5, 0.6) is 0 Å². The average Bonchev–Trinajstić information content (AvgIpc) is 2.78. The maximum Gasteiger partial charge on any atom is 0.0284 e. The molecule has 0 aromatic rings. The van der Waals surface area contributed by atoms with Crippen LogP contribution < -0.4 is 0 Å². The Bertz CT molecular complexity index is 201. The Morgan fingerprint density at radius 1 is 0.923 bits per heavy atom. The first-order valence-corrected chi connectivity index (χ1v) is 5.89. The summed E-state index contributed by atoms with van der Waals surface area (Å²) < 4.78 is 0. The van der Waals surface area contributed by atoms with Crippen LogP contribution in [-0.2, 0) is 0 Å². The molecule has 0 saturated carbocycles. The predicted molar refractivity (Wildman–Crippen MR) is 54.7 cm³/mol. The van der Waals surface area contributed by atoms with Gasteiger partial charge in [0.2, 0.25) is 0 Å². The van der Waals surface area contributed by atoms with Crippen LogP contribution in [0.1, 0.15) is 44.9 Å². The fraction of sp³-hybridized carbons (Fsp3) is 0.833. The fourth-order valence-corrected chi connectivity index (χ4v) is 3.54. The zero-order valence-corrected chi connectivity index (χ0v) is 8.28. The van der Waals surface area contributed by atoms with Gasteiger partial charge in [0.25, 0.3) is 0 Å². The second-order valence-electron chi connectivity index (χ2n) is 4.84. The highest BCUT2D eigenvalue weighted by Gasteiger charge is 2.42. The largest absolute Gasteiger partial charge is 0.291 e. The molecule has 2 bridgehead atoms. The lowest BCUT2D eigenvalue weighted by Crippen LogP contribution is -2.38. The zero-order chi connectivity index (χ0) is 8.67. The maximum atomic E-state index is 2.83. The van der Waals surface area contributed by atoms with E-state index in [1.54, 1.807) is 0 Å². The number of hydrogen-bond acceptors (Lipinski definition) is 1. The molecule has 2 fully saturated rings. The minimum atomic E-state index is 0.814. The monoisotopic (exact) mass is 177 g/mol. The third-order valence-corrected chi connectivity index (χ3v) is 4.12. The van der Waals surface area contributed by atoms with Crippen molar-refractivity contribution in [2.75, 3.05) is 0 Å². The van der Waals surface area contributed by atoms with E-state index in [-0.39, 0.29) is 0 Å². The quantitative estimate of drug-likeness (QED) is 0.557. The van der Waals surface area contributed by atoms with E-state index in [0.29, 0.717) is 0 Å². The fourth-order valence-electron chi connectivity index (χ4n) is 3.54. The van der Waals surface area contributed by atoms with Crippen molar-refractivity contribution in [3.05, 3.63) is 12.2 Å². The molecule has 1 nitrogen and oxygen atoms in total. The molecule has 2 heterocycles. The molecule has 0 spiro atoms. The Labute approximate surface area is 80.8 Å². The first kappa shape index (κ1) is 8.05. The van der Waals surface area contributed by atoms with Gasteiger partial charge in [0, 0.05) is 18.1 Å². The Morgan fingerprint density at radius 2 is 1.62 bits per heavy atom. The Kier molecular flexibility index (Phi) is 1.93. The average molecular weight is 177 g/mol. The van der Waals surface area contributed by atoms with E-state index in [1.807, 2.05) is 0 Å². The highest BCUT2D eigenvalue weighted by molar-refractivity contribution is 5.06. The molecule has 0 aromatic heterocycles. The van der Waals surface area contributed by atoms with Crippen molar-refractivity contribution < 1.29 is 0 Å². The van der Waals surface area contributed by atoms with E-state index in [0.717, 1.165) is 18.1 Å². The van der Waals surface area contributed by atoms with Crippen molar-refractivity contribution in [3.8, 4) is 0 Å². The highest BCUT2D eigenvalue weighted by atomic mass is 15.3. The molecule has 1 atom stereocenters. The lowest BCUT2D eigenvalue weighted by molar-refractivity contribution is 0.193. The molecule has 3 aliphatic rings. The van der Waals surface area contributed by atoms with Crippen LogP contribution in [0.15, 0.2) is 12.2 Å². The molecule has 0 radical (unpaired) electrons. The number of hydrogen-bond donors (Lipinski definition) is 0. The van der Waals surface area contributed by atoms with Crippen LogP contribution in [-0.4, -0.2) is 23.0 Å². The lowest BCUT2D eigenvalue weighted by Gasteiger charge is -2.31. The van der Waals surface area contributed by atoms with Crippen molar-refractivity contribution in [1.29, 1.82) is 0 Å². The number of fused-ring (bicyclic) bond motifs is 2. The molecule has 13 heavy (non-hydrogen) atoms. The first-order chi connectivity index (χ1) is 6.45. The molecule has 1 unspecified atom stereocenters. The van der Waals surface area contributed by atoms with Gasteiger partial charge >= 0.3 is 0 Å².